The fraction of sp³-hybridized carbons (Fsp3) is 0.417. The molecule has 0 aliphatic rings. The Bertz CT molecular complexity index is 410. The van der Waals surface area contributed by atoms with Crippen LogP contribution in [0.25, 0.3) is 0 Å². The number of ether oxygens (including phenoxy) is 1. The number of hydrogen-bond acceptors (Lipinski definition) is 3. The van der Waals surface area contributed by atoms with Crippen molar-refractivity contribution in [2.24, 2.45) is 5.92 Å². The zero-order valence-corrected chi connectivity index (χ0v) is 10.1. The highest BCUT2D eigenvalue weighted by molar-refractivity contribution is 5.78. The summed E-state index contributed by atoms with van der Waals surface area (Å²) in [6.45, 7) is 0.500. The van der Waals surface area contributed by atoms with Gasteiger partial charge in [0.2, 0.25) is 0 Å². The highest BCUT2D eigenvalue weighted by Gasteiger charge is 2.22. The summed E-state index contributed by atoms with van der Waals surface area (Å²) in [5.41, 5.74) is 0.235. The van der Waals surface area contributed by atoms with Crippen molar-refractivity contribution < 1.29 is 23.4 Å². The number of halogens is 2. The normalized spacial score (nSPS) is 12.6. The molecule has 0 fully saturated rings. The van der Waals surface area contributed by atoms with Gasteiger partial charge in [-0.1, -0.05) is 26.0 Å². The molecule has 1 aromatic rings. The molecule has 18 heavy (non-hydrogen) atoms. The van der Waals surface area contributed by atoms with Gasteiger partial charge in [0.25, 0.3) is 0 Å². The summed E-state index contributed by atoms with van der Waals surface area (Å²) in [5.74, 6) is -1.31. The number of para-hydroxylation sites is 2. The number of carboxylic acids is 1. The first-order chi connectivity index (χ1) is 8.41. The average molecular weight is 259 g/mol. The molecule has 1 unspecified atom stereocenters. The number of nitrogens with one attached hydrogen (secondary N) is 1. The molecule has 0 radical (unpaired) electrons. The molecular formula is C12H15F2NO3. The number of anilines is 1. The monoisotopic (exact) mass is 259 g/mol. The summed E-state index contributed by atoms with van der Waals surface area (Å²) < 4.78 is 28.7. The van der Waals surface area contributed by atoms with Gasteiger partial charge in [-0.05, 0) is 18.1 Å². The van der Waals surface area contributed by atoms with E-state index in [4.69, 9.17) is 5.11 Å². The van der Waals surface area contributed by atoms with Gasteiger partial charge in [-0.2, -0.15) is 8.78 Å². The molecule has 1 rings (SSSR count). The summed E-state index contributed by atoms with van der Waals surface area (Å²) in [5, 5.41) is 11.7. The Labute approximate surface area is 104 Å². The highest BCUT2D eigenvalue weighted by atomic mass is 19.3. The minimum Gasteiger partial charge on any atom is -0.480 e. The summed E-state index contributed by atoms with van der Waals surface area (Å²) in [7, 11) is 0. The largest absolute Gasteiger partial charge is 0.480 e. The van der Waals surface area contributed by atoms with E-state index in [9.17, 15) is 13.6 Å². The van der Waals surface area contributed by atoms with Crippen LogP contribution in [0, 0.1) is 5.92 Å². The minimum atomic E-state index is -2.95. The third-order valence-corrected chi connectivity index (χ3v) is 2.35. The number of rotatable bonds is 6. The molecule has 0 bridgehead atoms. The van der Waals surface area contributed by atoms with Crippen LogP contribution in [0.4, 0.5) is 14.5 Å². The van der Waals surface area contributed by atoms with Gasteiger partial charge in [0.15, 0.2) is 0 Å². The number of alkyl halides is 2. The Morgan fingerprint density at radius 3 is 2.44 bits per heavy atom. The van der Waals surface area contributed by atoms with Crippen LogP contribution < -0.4 is 10.1 Å². The van der Waals surface area contributed by atoms with E-state index in [2.05, 4.69) is 10.1 Å². The molecule has 0 spiro atoms. The van der Waals surface area contributed by atoms with Gasteiger partial charge in [0, 0.05) is 0 Å². The van der Waals surface area contributed by atoms with E-state index in [0.29, 0.717) is 0 Å². The topological polar surface area (TPSA) is 58.6 Å². The van der Waals surface area contributed by atoms with Crippen molar-refractivity contribution in [1.29, 1.82) is 0 Å². The van der Waals surface area contributed by atoms with Crippen LogP contribution in [0.15, 0.2) is 24.3 Å². The maximum atomic E-state index is 12.2. The lowest BCUT2D eigenvalue weighted by Gasteiger charge is -2.20. The van der Waals surface area contributed by atoms with E-state index in [1.807, 2.05) is 0 Å². The lowest BCUT2D eigenvalue weighted by Crippen LogP contribution is -2.34. The summed E-state index contributed by atoms with van der Waals surface area (Å²) in [6, 6.07) is 5.13. The second-order valence-corrected chi connectivity index (χ2v) is 4.08. The van der Waals surface area contributed by atoms with Gasteiger partial charge in [-0.3, -0.25) is 0 Å². The molecule has 0 saturated heterocycles. The quantitative estimate of drug-likeness (QED) is 0.824. The number of benzene rings is 1. The molecule has 0 amide bonds. The predicted octanol–water partition coefficient (Wildman–Crippen LogP) is 2.81. The van der Waals surface area contributed by atoms with E-state index in [-0.39, 0.29) is 17.4 Å². The average Bonchev–Trinajstić information content (AvgIpc) is 2.26. The maximum Gasteiger partial charge on any atom is 0.387 e. The molecule has 1 atom stereocenters. The molecule has 0 saturated carbocycles. The van der Waals surface area contributed by atoms with Gasteiger partial charge < -0.3 is 15.2 Å². The van der Waals surface area contributed by atoms with Crippen molar-refractivity contribution in [1.82, 2.24) is 0 Å². The Hall–Kier alpha value is -1.85. The fourth-order valence-electron chi connectivity index (χ4n) is 1.47. The Morgan fingerprint density at radius 1 is 1.33 bits per heavy atom. The Kier molecular flexibility index (Phi) is 4.88. The SMILES string of the molecule is CC(C)C(Nc1ccccc1OC(F)F)C(=O)O. The van der Waals surface area contributed by atoms with Crippen molar-refractivity contribution in [3.8, 4) is 5.75 Å². The second-order valence-electron chi connectivity index (χ2n) is 4.08. The summed E-state index contributed by atoms with van der Waals surface area (Å²) in [6.07, 6.45) is 0. The van der Waals surface area contributed by atoms with E-state index >= 15 is 0 Å². The zero-order chi connectivity index (χ0) is 13.7. The number of carboxylic acid groups (broad SMARTS) is 1. The minimum absolute atomic E-state index is 0.0700. The van der Waals surface area contributed by atoms with E-state index in [1.165, 1.54) is 18.2 Å². The number of aliphatic carboxylic acids is 1. The smallest absolute Gasteiger partial charge is 0.387 e. The number of carbonyl (C=O) groups is 1. The second kappa shape index (κ2) is 6.18. The van der Waals surface area contributed by atoms with Crippen LogP contribution in [-0.2, 0) is 4.79 Å². The van der Waals surface area contributed by atoms with Crippen molar-refractivity contribution in [3.05, 3.63) is 24.3 Å². The fourth-order valence-corrected chi connectivity index (χ4v) is 1.47. The van der Waals surface area contributed by atoms with Crippen molar-refractivity contribution in [2.45, 2.75) is 26.5 Å². The third-order valence-electron chi connectivity index (χ3n) is 2.35. The predicted molar refractivity (Wildman–Crippen MR) is 63.0 cm³/mol. The molecular weight excluding hydrogens is 244 g/mol. The molecule has 0 aliphatic carbocycles. The number of hydrogen-bond donors (Lipinski definition) is 2. The van der Waals surface area contributed by atoms with Gasteiger partial charge in [-0.15, -0.1) is 0 Å². The van der Waals surface area contributed by atoms with E-state index < -0.39 is 18.6 Å². The lowest BCUT2D eigenvalue weighted by molar-refractivity contribution is -0.138. The van der Waals surface area contributed by atoms with E-state index in [0.717, 1.165) is 0 Å². The first-order valence-electron chi connectivity index (χ1n) is 5.45. The molecule has 6 heteroatoms. The lowest BCUT2D eigenvalue weighted by atomic mass is 10.0. The molecule has 2 N–H and O–H groups in total. The maximum absolute atomic E-state index is 12.2. The highest BCUT2D eigenvalue weighted by Crippen LogP contribution is 2.27. The first-order valence-corrected chi connectivity index (χ1v) is 5.45. The third kappa shape index (κ3) is 3.87. The van der Waals surface area contributed by atoms with Crippen molar-refractivity contribution in [2.75, 3.05) is 5.32 Å². The van der Waals surface area contributed by atoms with Gasteiger partial charge in [-0.25, -0.2) is 4.79 Å². The molecule has 4 nitrogen and oxygen atoms in total. The molecule has 100 valence electrons. The van der Waals surface area contributed by atoms with Crippen LogP contribution in [0.3, 0.4) is 0 Å². The van der Waals surface area contributed by atoms with Crippen LogP contribution in [-0.4, -0.2) is 23.7 Å². The van der Waals surface area contributed by atoms with Crippen molar-refractivity contribution in [3.63, 3.8) is 0 Å². The van der Waals surface area contributed by atoms with Crippen LogP contribution >= 0.6 is 0 Å². The molecule has 0 heterocycles. The molecule has 1 aromatic carbocycles. The molecule has 0 aliphatic heterocycles. The van der Waals surface area contributed by atoms with Crippen LogP contribution in [0.5, 0.6) is 5.75 Å². The van der Waals surface area contributed by atoms with E-state index in [1.54, 1.807) is 19.9 Å². The Morgan fingerprint density at radius 2 is 1.94 bits per heavy atom. The Balaban J connectivity index is 2.91. The van der Waals surface area contributed by atoms with Crippen LogP contribution in [0.2, 0.25) is 0 Å². The first kappa shape index (κ1) is 14.2. The summed E-state index contributed by atoms with van der Waals surface area (Å²) in [4.78, 5) is 11.0. The van der Waals surface area contributed by atoms with Crippen LogP contribution in [0.1, 0.15) is 13.8 Å². The molecule has 0 aromatic heterocycles. The standard InChI is InChI=1S/C12H15F2NO3/c1-7(2)10(11(16)17)15-8-5-3-4-6-9(8)18-12(13)14/h3-7,10,12,15H,1-2H3,(H,16,17). The van der Waals surface area contributed by atoms with Crippen molar-refractivity contribution >= 4 is 11.7 Å². The van der Waals surface area contributed by atoms with Gasteiger partial charge in [0.05, 0.1) is 5.69 Å². The zero-order valence-electron chi connectivity index (χ0n) is 10.1. The van der Waals surface area contributed by atoms with Gasteiger partial charge >= 0.3 is 12.6 Å². The van der Waals surface area contributed by atoms with Gasteiger partial charge in [0.1, 0.15) is 11.8 Å². The summed E-state index contributed by atoms with van der Waals surface area (Å²) >= 11 is 0.